The number of nitrogens with zero attached hydrogens (tertiary/aromatic N) is 3. The van der Waals surface area contributed by atoms with Gasteiger partial charge in [-0.25, -0.2) is 0 Å². The summed E-state index contributed by atoms with van der Waals surface area (Å²) in [5, 5.41) is 22.0. The summed E-state index contributed by atoms with van der Waals surface area (Å²) in [6.45, 7) is 10.8. The van der Waals surface area contributed by atoms with Gasteiger partial charge in [0.2, 0.25) is 0 Å². The molecule has 5 radical (unpaired) electrons. The summed E-state index contributed by atoms with van der Waals surface area (Å²) in [4.78, 5) is 0. The average molecular weight is 558 g/mol. The standard InChI is InChI=1S/C10H12F3.3C2H3N.F6P.Ru/c1-5-6(2)8(4)9(7(5)3)10(11,12)13;3*1-2-3;1-7(2,3,4,5)6;/h1-4H3;3*1H3;;/q;;;;-1;+2. The Bertz CT molecular complexity index is 532. The normalized spacial score (nSPS) is 17.5. The van der Waals surface area contributed by atoms with Crippen molar-refractivity contribution >= 4 is 7.81 Å². The quantitative estimate of drug-likeness (QED) is 0.170. The number of nitriles is 3. The minimum absolute atomic E-state index is 0. The molecule has 0 atom stereocenters. The van der Waals surface area contributed by atoms with Crippen molar-refractivity contribution in [3.8, 4) is 18.2 Å². The molecule has 0 aromatic heterocycles. The number of hydrogen-bond acceptors (Lipinski definition) is 3. The zero-order valence-corrected chi connectivity index (χ0v) is 19.7. The summed E-state index contributed by atoms with van der Waals surface area (Å²) in [6, 6.07) is 5.25. The van der Waals surface area contributed by atoms with Crippen molar-refractivity contribution in [2.75, 3.05) is 0 Å². The summed E-state index contributed by atoms with van der Waals surface area (Å²) >= 11 is 0. The summed E-state index contributed by atoms with van der Waals surface area (Å²) in [5.41, 5.74) is 0. The first-order valence-electron chi connectivity index (χ1n) is 7.25. The molecule has 1 aliphatic rings. The Balaban J connectivity index is -0.000000104. The molecular formula is C16H21F9N3PRu+. The largest absolute Gasteiger partial charge is 2.00 e. The van der Waals surface area contributed by atoms with E-state index in [9.17, 15) is 38.4 Å². The third kappa shape index (κ3) is 29.1. The van der Waals surface area contributed by atoms with Crippen LogP contribution in [0.4, 0.5) is 38.4 Å². The third-order valence-electron chi connectivity index (χ3n) is 2.72. The van der Waals surface area contributed by atoms with Gasteiger partial charge in [-0.15, -0.1) is 0 Å². The van der Waals surface area contributed by atoms with Gasteiger partial charge in [0, 0.05) is 20.8 Å². The molecule has 0 N–H and O–H groups in total. The second-order valence-corrected chi connectivity index (χ2v) is 6.92. The molecule has 0 amide bonds. The van der Waals surface area contributed by atoms with Crippen LogP contribution in [-0.2, 0) is 19.5 Å². The molecule has 175 valence electrons. The van der Waals surface area contributed by atoms with Crippen LogP contribution in [0, 0.1) is 63.6 Å². The van der Waals surface area contributed by atoms with Crippen molar-refractivity contribution < 1.29 is 57.8 Å². The van der Waals surface area contributed by atoms with E-state index in [2.05, 4.69) is 0 Å². The monoisotopic (exact) mass is 559 g/mol. The van der Waals surface area contributed by atoms with Crippen LogP contribution < -0.4 is 0 Å². The fourth-order valence-corrected chi connectivity index (χ4v) is 1.64. The van der Waals surface area contributed by atoms with E-state index in [1.165, 1.54) is 34.6 Å². The van der Waals surface area contributed by atoms with Gasteiger partial charge < -0.3 is 0 Å². The van der Waals surface area contributed by atoms with Crippen LogP contribution in [0.5, 0.6) is 0 Å². The van der Waals surface area contributed by atoms with E-state index in [0.29, 0.717) is 11.8 Å². The predicted molar refractivity (Wildman–Crippen MR) is 92.4 cm³/mol. The molecule has 3 nitrogen and oxygen atoms in total. The van der Waals surface area contributed by atoms with Crippen LogP contribution in [-0.4, -0.2) is 6.18 Å². The summed E-state index contributed by atoms with van der Waals surface area (Å²) in [6.07, 6.45) is -4.22. The van der Waals surface area contributed by atoms with Gasteiger partial charge in [0.05, 0.1) is 24.1 Å². The van der Waals surface area contributed by atoms with Crippen molar-refractivity contribution in [2.24, 2.45) is 0 Å². The van der Waals surface area contributed by atoms with Crippen molar-refractivity contribution in [1.29, 1.82) is 15.8 Å². The van der Waals surface area contributed by atoms with Crippen LogP contribution in [0.3, 0.4) is 0 Å². The zero-order chi connectivity index (χ0) is 24.9. The Kier molecular flexibility index (Phi) is 18.4. The molecule has 0 aliphatic heterocycles. The summed E-state index contributed by atoms with van der Waals surface area (Å²) in [5.74, 6) is 1.78. The molecule has 0 aromatic rings. The van der Waals surface area contributed by atoms with E-state index in [0.717, 1.165) is 11.8 Å². The molecule has 0 aromatic carbocycles. The molecule has 1 aliphatic carbocycles. The average Bonchev–Trinajstić information content (AvgIpc) is 2.61. The van der Waals surface area contributed by atoms with E-state index in [-0.39, 0.29) is 19.5 Å². The van der Waals surface area contributed by atoms with Crippen molar-refractivity contribution in [3.63, 3.8) is 0 Å². The molecule has 1 fully saturated rings. The Morgan fingerprint density at radius 1 is 0.600 bits per heavy atom. The third-order valence-corrected chi connectivity index (χ3v) is 2.72. The van der Waals surface area contributed by atoms with Gasteiger partial charge in [-0.3, -0.25) is 0 Å². The van der Waals surface area contributed by atoms with Crippen LogP contribution in [0.15, 0.2) is 0 Å². The molecule has 0 saturated heterocycles. The Hall–Kier alpha value is -1.11. The van der Waals surface area contributed by atoms with Crippen LogP contribution >= 0.6 is 7.81 Å². The van der Waals surface area contributed by atoms with E-state index >= 15 is 0 Å². The minimum atomic E-state index is -10.7. The first kappa shape index (κ1) is 39.4. The van der Waals surface area contributed by atoms with Gasteiger partial charge in [0.1, 0.15) is 0 Å². The molecule has 0 heterocycles. The van der Waals surface area contributed by atoms with Gasteiger partial charge in [-0.2, -0.15) is 29.0 Å². The molecule has 0 bridgehead atoms. The first-order chi connectivity index (χ1) is 12.5. The second kappa shape index (κ2) is 14.0. The molecule has 0 spiro atoms. The number of hydrogen-bond donors (Lipinski definition) is 0. The van der Waals surface area contributed by atoms with E-state index in [4.69, 9.17) is 15.8 Å². The van der Waals surface area contributed by atoms with Crippen LogP contribution in [0.1, 0.15) is 48.5 Å². The zero-order valence-electron chi connectivity index (χ0n) is 17.0. The van der Waals surface area contributed by atoms with E-state index in [1.54, 1.807) is 32.1 Å². The SMILES string of the molecule is CC#N.CC#N.CC#N.C[C]1[C](C)[C](C)[C](C(F)(F)F)[C]1C.F[P-](F)(F)(F)(F)F.[Ru+2]. The van der Waals surface area contributed by atoms with Crippen molar-refractivity contribution in [2.45, 2.75) is 54.6 Å². The van der Waals surface area contributed by atoms with Crippen LogP contribution in [0.2, 0.25) is 0 Å². The summed E-state index contributed by atoms with van der Waals surface area (Å²) < 4.78 is 96.7. The molecular weight excluding hydrogens is 537 g/mol. The molecule has 14 heteroatoms. The van der Waals surface area contributed by atoms with Crippen molar-refractivity contribution in [1.82, 2.24) is 0 Å². The van der Waals surface area contributed by atoms with Gasteiger partial charge in [0.15, 0.2) is 0 Å². The van der Waals surface area contributed by atoms with Crippen molar-refractivity contribution in [3.05, 3.63) is 29.6 Å². The number of rotatable bonds is 0. The van der Waals surface area contributed by atoms with Crippen LogP contribution in [0.25, 0.3) is 0 Å². The van der Waals surface area contributed by atoms with Gasteiger partial charge in [-0.1, -0.05) is 27.7 Å². The topological polar surface area (TPSA) is 71.4 Å². The molecule has 0 unspecified atom stereocenters. The van der Waals surface area contributed by atoms with E-state index in [1.807, 2.05) is 0 Å². The van der Waals surface area contributed by atoms with Gasteiger partial charge in [0.25, 0.3) is 0 Å². The second-order valence-electron chi connectivity index (χ2n) is 5.00. The van der Waals surface area contributed by atoms with Gasteiger partial charge >= 0.3 is 58.6 Å². The fraction of sp³-hybridized carbons (Fsp3) is 0.500. The predicted octanol–water partition coefficient (Wildman–Crippen LogP) is 8.48. The maximum absolute atomic E-state index is 12.5. The smallest absolute Gasteiger partial charge is 2.00 e. The first-order valence-corrected chi connectivity index (χ1v) is 9.28. The van der Waals surface area contributed by atoms with E-state index < -0.39 is 19.9 Å². The minimum Gasteiger partial charge on any atom is 2.00 e. The molecule has 30 heavy (non-hydrogen) atoms. The Morgan fingerprint density at radius 3 is 0.800 bits per heavy atom. The fourth-order valence-electron chi connectivity index (χ4n) is 1.64. The summed E-state index contributed by atoms with van der Waals surface area (Å²) in [7, 11) is -10.7. The maximum Gasteiger partial charge on any atom is 2.00 e. The molecule has 1 saturated carbocycles. The maximum atomic E-state index is 12.5. The molecule has 1 rings (SSSR count). The number of halogens is 9. The Morgan fingerprint density at radius 2 is 0.733 bits per heavy atom. The number of alkyl halides is 3. The van der Waals surface area contributed by atoms with Gasteiger partial charge in [-0.05, 0) is 23.7 Å². The Labute approximate surface area is 184 Å².